The molecule has 0 fully saturated rings. The SMILES string of the molecule is CC(=O)c1c(C)c(C(C)C[N+](C)(C)C2(C)C=CC(C)=CC2)c2ccccn12.[Cl-]. The molecule has 4 heteroatoms. The molecule has 0 radical (unpaired) electrons. The molecule has 0 N–H and O–H groups in total. The minimum atomic E-state index is 0. The second kappa shape index (κ2) is 7.88. The number of aromatic nitrogens is 1. The first-order chi connectivity index (χ1) is 12.6. The molecular weight excluding hydrogens is 368 g/mol. The first-order valence-corrected chi connectivity index (χ1v) is 9.87. The van der Waals surface area contributed by atoms with Crippen LogP contribution in [0, 0.1) is 6.92 Å². The Hall–Kier alpha value is -1.84. The predicted octanol–water partition coefficient (Wildman–Crippen LogP) is 2.30. The summed E-state index contributed by atoms with van der Waals surface area (Å²) in [5.74, 6) is 0.478. The molecule has 1 aliphatic rings. The van der Waals surface area contributed by atoms with Gasteiger partial charge in [0.25, 0.3) is 0 Å². The summed E-state index contributed by atoms with van der Waals surface area (Å²) in [7, 11) is 4.66. The molecule has 2 aromatic heterocycles. The van der Waals surface area contributed by atoms with E-state index in [0.717, 1.165) is 34.2 Å². The van der Waals surface area contributed by atoms with Crippen molar-refractivity contribution in [2.24, 2.45) is 0 Å². The van der Waals surface area contributed by atoms with Gasteiger partial charge in [0, 0.05) is 31.0 Å². The number of nitrogens with zero attached hydrogens (tertiary/aromatic N) is 2. The Labute approximate surface area is 175 Å². The quantitative estimate of drug-likeness (QED) is 0.557. The van der Waals surface area contributed by atoms with Crippen LogP contribution in [-0.2, 0) is 0 Å². The monoisotopic (exact) mass is 400 g/mol. The van der Waals surface area contributed by atoms with E-state index in [2.05, 4.69) is 76.6 Å². The van der Waals surface area contributed by atoms with Gasteiger partial charge in [-0.25, -0.2) is 0 Å². The van der Waals surface area contributed by atoms with Gasteiger partial charge in [-0.3, -0.25) is 4.79 Å². The van der Waals surface area contributed by atoms with E-state index in [4.69, 9.17) is 0 Å². The summed E-state index contributed by atoms with van der Waals surface area (Å²) >= 11 is 0. The Morgan fingerprint density at radius 1 is 1.29 bits per heavy atom. The summed E-state index contributed by atoms with van der Waals surface area (Å²) in [5.41, 5.74) is 5.85. The van der Waals surface area contributed by atoms with Gasteiger partial charge in [0.05, 0.1) is 26.3 Å². The number of pyridine rings is 1. The summed E-state index contributed by atoms with van der Waals surface area (Å²) in [4.78, 5) is 12.3. The predicted molar refractivity (Wildman–Crippen MR) is 113 cm³/mol. The number of likely N-dealkylation sites (N-methyl/N-ethyl adjacent to an activating group) is 1. The van der Waals surface area contributed by atoms with Crippen molar-refractivity contribution in [2.75, 3.05) is 20.6 Å². The number of allylic oxidation sites excluding steroid dienone is 2. The third-order valence-electron chi connectivity index (χ3n) is 6.62. The fraction of sp³-hybridized carbons (Fsp3) is 0.458. The molecule has 0 aliphatic heterocycles. The number of carbonyl (C=O) groups excluding carboxylic acids is 1. The molecule has 152 valence electrons. The van der Waals surface area contributed by atoms with Crippen molar-refractivity contribution in [3.63, 3.8) is 0 Å². The molecule has 2 atom stereocenters. The topological polar surface area (TPSA) is 21.5 Å². The zero-order valence-corrected chi connectivity index (χ0v) is 19.0. The van der Waals surface area contributed by atoms with Crippen molar-refractivity contribution in [3.8, 4) is 0 Å². The van der Waals surface area contributed by atoms with Gasteiger partial charge in [0.1, 0.15) is 5.54 Å². The second-order valence-electron chi connectivity index (χ2n) is 9.01. The smallest absolute Gasteiger partial charge is 0.176 e. The average Bonchev–Trinajstić information content (AvgIpc) is 2.89. The van der Waals surface area contributed by atoms with E-state index < -0.39 is 0 Å². The summed E-state index contributed by atoms with van der Waals surface area (Å²) < 4.78 is 2.98. The Morgan fingerprint density at radius 2 is 1.96 bits per heavy atom. The fourth-order valence-corrected chi connectivity index (χ4v) is 4.66. The molecule has 1 aliphatic carbocycles. The average molecular weight is 401 g/mol. The van der Waals surface area contributed by atoms with Gasteiger partial charge in [-0.05, 0) is 50.1 Å². The van der Waals surface area contributed by atoms with Crippen molar-refractivity contribution in [2.45, 2.75) is 52.5 Å². The standard InChI is InChI=1S/C24H33N2O.ClH/c1-17-11-13-24(5,14-12-17)26(6,7)16-18(2)22-19(3)23(20(4)27)25-15-9-8-10-21(22)25;/h8-13,15,18H,14,16H2,1-7H3;1H/q+1;/p-1. The van der Waals surface area contributed by atoms with Crippen molar-refractivity contribution < 1.29 is 21.7 Å². The van der Waals surface area contributed by atoms with Crippen LogP contribution in [0.1, 0.15) is 61.6 Å². The molecule has 2 heterocycles. The number of hydrogen-bond donors (Lipinski definition) is 0. The van der Waals surface area contributed by atoms with Gasteiger partial charge < -0.3 is 21.3 Å². The largest absolute Gasteiger partial charge is 1.00 e. The molecular formula is C24H33ClN2O. The van der Waals surface area contributed by atoms with Gasteiger partial charge >= 0.3 is 0 Å². The van der Waals surface area contributed by atoms with Crippen LogP contribution in [0.2, 0.25) is 0 Å². The number of hydrogen-bond acceptors (Lipinski definition) is 1. The van der Waals surface area contributed by atoms with E-state index >= 15 is 0 Å². The number of Topliss-reactive ketones (excluding diaryl/α,β-unsaturated/α-hetero) is 1. The molecule has 2 aromatic rings. The highest BCUT2D eigenvalue weighted by molar-refractivity contribution is 5.96. The van der Waals surface area contributed by atoms with Crippen LogP contribution in [-0.4, -0.2) is 40.8 Å². The third kappa shape index (κ3) is 3.70. The summed E-state index contributed by atoms with van der Waals surface area (Å²) in [5, 5.41) is 0. The lowest BCUT2D eigenvalue weighted by Gasteiger charge is -2.47. The summed E-state index contributed by atoms with van der Waals surface area (Å²) in [6.45, 7) is 11.6. The number of carbonyl (C=O) groups is 1. The maximum Gasteiger partial charge on any atom is 0.176 e. The van der Waals surface area contributed by atoms with Crippen LogP contribution >= 0.6 is 0 Å². The highest BCUT2D eigenvalue weighted by Gasteiger charge is 2.40. The maximum atomic E-state index is 12.3. The zero-order valence-electron chi connectivity index (χ0n) is 18.2. The molecule has 0 spiro atoms. The maximum absolute atomic E-state index is 12.3. The molecule has 28 heavy (non-hydrogen) atoms. The minimum Gasteiger partial charge on any atom is -1.00 e. The van der Waals surface area contributed by atoms with Gasteiger partial charge in [0.15, 0.2) is 5.78 Å². The van der Waals surface area contributed by atoms with E-state index in [0.29, 0.717) is 5.92 Å². The van der Waals surface area contributed by atoms with E-state index in [9.17, 15) is 4.79 Å². The van der Waals surface area contributed by atoms with Crippen molar-refractivity contribution in [1.29, 1.82) is 0 Å². The lowest BCUT2D eigenvalue weighted by molar-refractivity contribution is -0.933. The minimum absolute atomic E-state index is 0. The Bertz CT molecular complexity index is 951. The molecule has 0 saturated carbocycles. The van der Waals surface area contributed by atoms with Crippen LogP contribution in [0.25, 0.3) is 5.52 Å². The molecule has 0 saturated heterocycles. The second-order valence-corrected chi connectivity index (χ2v) is 9.01. The van der Waals surface area contributed by atoms with Crippen LogP contribution in [0.4, 0.5) is 0 Å². The molecule has 0 aromatic carbocycles. The molecule has 3 rings (SSSR count). The number of quaternary nitrogens is 1. The number of ketones is 1. The van der Waals surface area contributed by atoms with Crippen molar-refractivity contribution >= 4 is 11.3 Å². The highest BCUT2D eigenvalue weighted by Crippen LogP contribution is 2.36. The van der Waals surface area contributed by atoms with Crippen LogP contribution in [0.3, 0.4) is 0 Å². The first kappa shape index (κ1) is 22.4. The van der Waals surface area contributed by atoms with Gasteiger partial charge in [-0.1, -0.05) is 30.7 Å². The van der Waals surface area contributed by atoms with E-state index in [1.807, 2.05) is 12.3 Å². The summed E-state index contributed by atoms with van der Waals surface area (Å²) in [6, 6.07) is 6.20. The Kier molecular flexibility index (Phi) is 6.32. The fourth-order valence-electron chi connectivity index (χ4n) is 4.66. The first-order valence-electron chi connectivity index (χ1n) is 9.87. The molecule has 0 amide bonds. The number of halogens is 1. The van der Waals surface area contributed by atoms with E-state index in [1.54, 1.807) is 6.92 Å². The molecule has 0 bridgehead atoms. The number of fused-ring (bicyclic) bond motifs is 1. The summed E-state index contributed by atoms with van der Waals surface area (Å²) in [6.07, 6.45) is 10.0. The van der Waals surface area contributed by atoms with Gasteiger partial charge in [-0.15, -0.1) is 0 Å². The Balaban J connectivity index is 0.00000280. The number of rotatable bonds is 5. The van der Waals surface area contributed by atoms with Crippen molar-refractivity contribution in [3.05, 3.63) is 65.0 Å². The van der Waals surface area contributed by atoms with Gasteiger partial charge in [0.2, 0.25) is 0 Å². The highest BCUT2D eigenvalue weighted by atomic mass is 35.5. The lowest BCUT2D eigenvalue weighted by atomic mass is 9.85. The van der Waals surface area contributed by atoms with Crippen LogP contribution in [0.5, 0.6) is 0 Å². The normalized spacial score (nSPS) is 20.6. The zero-order chi connectivity index (χ0) is 20.0. The van der Waals surface area contributed by atoms with E-state index in [-0.39, 0.29) is 23.7 Å². The van der Waals surface area contributed by atoms with Gasteiger partial charge in [-0.2, -0.15) is 0 Å². The van der Waals surface area contributed by atoms with Crippen molar-refractivity contribution in [1.82, 2.24) is 4.40 Å². The Morgan fingerprint density at radius 3 is 2.54 bits per heavy atom. The third-order valence-corrected chi connectivity index (χ3v) is 6.62. The van der Waals surface area contributed by atoms with Crippen LogP contribution in [0.15, 0.2) is 48.2 Å². The molecule has 2 unspecified atom stereocenters. The van der Waals surface area contributed by atoms with Crippen LogP contribution < -0.4 is 12.4 Å². The lowest BCUT2D eigenvalue weighted by Crippen LogP contribution is -3.00. The molecule has 3 nitrogen and oxygen atoms in total. The van der Waals surface area contributed by atoms with E-state index in [1.165, 1.54) is 11.1 Å².